The number of fused-ring (bicyclic) bond motifs is 2. The van der Waals surface area contributed by atoms with Crippen molar-refractivity contribution in [3.8, 4) is 5.75 Å². The molecule has 1 aromatic carbocycles. The van der Waals surface area contributed by atoms with Gasteiger partial charge in [0, 0.05) is 18.1 Å². The highest BCUT2D eigenvalue weighted by Gasteiger charge is 2.31. The molecule has 2 heterocycles. The van der Waals surface area contributed by atoms with Gasteiger partial charge in [0.05, 0.1) is 12.5 Å². The van der Waals surface area contributed by atoms with Crippen LogP contribution in [0.15, 0.2) is 53.6 Å². The third-order valence-electron chi connectivity index (χ3n) is 6.35. The summed E-state index contributed by atoms with van der Waals surface area (Å²) in [5.74, 6) is -2.21. The first kappa shape index (κ1) is 33.5. The molecule has 11 nitrogen and oxygen atoms in total. The number of aromatic nitrogens is 1. The van der Waals surface area contributed by atoms with E-state index in [1.165, 1.54) is 53.6 Å². The van der Waals surface area contributed by atoms with Crippen molar-refractivity contribution in [1.82, 2.24) is 20.9 Å². The molecule has 3 amide bonds. The third kappa shape index (κ3) is 10.4. The summed E-state index contributed by atoms with van der Waals surface area (Å²) in [5.41, 5.74) is 0.809. The maximum Gasteiger partial charge on any atom is 0.329 e. The van der Waals surface area contributed by atoms with Crippen LogP contribution in [0.25, 0.3) is 0 Å². The molecule has 0 spiro atoms. The Morgan fingerprint density at radius 2 is 1.88 bits per heavy atom. The zero-order valence-corrected chi connectivity index (χ0v) is 26.1. The van der Waals surface area contributed by atoms with Crippen LogP contribution in [-0.4, -0.2) is 56.8 Å². The van der Waals surface area contributed by atoms with Crippen molar-refractivity contribution in [2.75, 3.05) is 5.75 Å². The Bertz CT molecular complexity index is 1390. The van der Waals surface area contributed by atoms with Crippen molar-refractivity contribution in [2.45, 2.75) is 65.1 Å². The largest absolute Gasteiger partial charge is 0.508 e. The molecule has 0 fully saturated rings. The van der Waals surface area contributed by atoms with E-state index in [1.54, 1.807) is 45.1 Å². The molecule has 2 aromatic rings. The Morgan fingerprint density at radius 3 is 2.53 bits per heavy atom. The van der Waals surface area contributed by atoms with E-state index in [0.717, 1.165) is 5.56 Å². The molecule has 1 aromatic heterocycles. The summed E-state index contributed by atoms with van der Waals surface area (Å²) in [7, 11) is 0. The van der Waals surface area contributed by atoms with Crippen LogP contribution in [-0.2, 0) is 30.3 Å². The summed E-state index contributed by atoms with van der Waals surface area (Å²) in [5, 5.41) is 19.8. The van der Waals surface area contributed by atoms with Crippen LogP contribution < -0.4 is 16.0 Å². The van der Waals surface area contributed by atoms with E-state index in [1.807, 2.05) is 0 Å². The Labute approximate surface area is 258 Å². The number of rotatable bonds is 7. The second kappa shape index (κ2) is 16.0. The average molecular weight is 629 g/mol. The molecule has 0 radical (unpaired) electrons. The lowest BCUT2D eigenvalue weighted by Crippen LogP contribution is -2.48. The molecular formula is C30H36N4O7S2. The molecule has 0 saturated heterocycles. The van der Waals surface area contributed by atoms with Crippen molar-refractivity contribution in [1.29, 1.82) is 0 Å². The first-order valence-corrected chi connectivity index (χ1v) is 15.6. The minimum atomic E-state index is -1.06. The van der Waals surface area contributed by atoms with Gasteiger partial charge in [-0.3, -0.25) is 19.2 Å². The van der Waals surface area contributed by atoms with Gasteiger partial charge >= 0.3 is 5.97 Å². The van der Waals surface area contributed by atoms with Gasteiger partial charge in [0.2, 0.25) is 5.91 Å². The summed E-state index contributed by atoms with van der Waals surface area (Å²) >= 11 is 2.34. The summed E-state index contributed by atoms with van der Waals surface area (Å²) in [6, 6.07) is 4.80. The summed E-state index contributed by atoms with van der Waals surface area (Å²) in [4.78, 5) is 68.4. The number of hydrogen-bond donors (Lipinski definition) is 4. The number of cyclic esters (lactones) is 1. The van der Waals surface area contributed by atoms with Crippen molar-refractivity contribution in [3.05, 3.63) is 69.8 Å². The molecule has 3 rings (SSSR count). The Hall–Kier alpha value is -3.97. The number of carbonyl (C=O) groups excluding carboxylic acids is 5. The number of nitrogens with zero attached hydrogens (tertiary/aromatic N) is 1. The van der Waals surface area contributed by atoms with Gasteiger partial charge in [0.1, 0.15) is 34.3 Å². The number of esters is 1. The average Bonchev–Trinajstić information content (AvgIpc) is 3.44. The molecular weight excluding hydrogens is 592 g/mol. The Balaban J connectivity index is 1.97. The molecule has 0 saturated carbocycles. The van der Waals surface area contributed by atoms with Gasteiger partial charge in [-0.25, -0.2) is 9.78 Å². The smallest absolute Gasteiger partial charge is 0.329 e. The summed E-state index contributed by atoms with van der Waals surface area (Å²) in [6.07, 6.45) is 4.42. The molecule has 0 aliphatic carbocycles. The topological polar surface area (TPSA) is 164 Å². The highest BCUT2D eigenvalue weighted by molar-refractivity contribution is 8.13. The van der Waals surface area contributed by atoms with Crippen LogP contribution in [0.1, 0.15) is 67.6 Å². The number of hydrogen-bond acceptors (Lipinski definition) is 10. The van der Waals surface area contributed by atoms with Gasteiger partial charge < -0.3 is 25.8 Å². The minimum Gasteiger partial charge on any atom is -0.508 e. The number of nitrogens with one attached hydrogen (secondary N) is 3. The number of ether oxygens (including phenoxy) is 1. The monoisotopic (exact) mass is 628 g/mol. The number of phenolic OH excluding ortho intramolecular Hbond substituents is 1. The zero-order valence-electron chi connectivity index (χ0n) is 24.4. The molecule has 13 heteroatoms. The number of amides is 3. The number of thioether (sulfide) groups is 1. The highest BCUT2D eigenvalue weighted by atomic mass is 32.2. The van der Waals surface area contributed by atoms with Gasteiger partial charge in [0.25, 0.3) is 11.8 Å². The quantitative estimate of drug-likeness (QED) is 0.155. The molecule has 230 valence electrons. The lowest BCUT2D eigenvalue weighted by Gasteiger charge is -2.25. The first-order valence-electron chi connectivity index (χ1n) is 13.8. The summed E-state index contributed by atoms with van der Waals surface area (Å²) in [6.45, 7) is 6.53. The standard InChI is InChI=1S/C30H36N4O7S2/c1-5-22-27(38)34-26(17(2)3)30(40)41-21(8-6-7-13-42-18(4)35)15-25(37)31-23(14-19-9-11-20(36)12-10-19)29-33-24(16-43-29)28(39)32-22/h5-6,8-12,16-17,21,23,26,36H,7,13-15H2,1-4H3,(H,31,37)(H,32,39)(H,34,38)/b8-6+,22-5-/t21-,23+,26+/m1/s1. The molecule has 1 aliphatic rings. The zero-order chi connectivity index (χ0) is 31.5. The molecule has 3 atom stereocenters. The predicted octanol–water partition coefficient (Wildman–Crippen LogP) is 3.56. The van der Waals surface area contributed by atoms with Gasteiger partial charge in [-0.15, -0.1) is 11.3 Å². The normalized spacial score (nSPS) is 21.4. The van der Waals surface area contributed by atoms with Crippen LogP contribution in [0.2, 0.25) is 0 Å². The minimum absolute atomic E-state index is 0.0128. The van der Waals surface area contributed by atoms with Crippen molar-refractivity contribution >= 4 is 51.9 Å². The van der Waals surface area contributed by atoms with Gasteiger partial charge in [-0.1, -0.05) is 49.9 Å². The SMILES string of the molecule is C/C=C1\NC(=O)c2csc(n2)[C@H](Cc2ccc(O)cc2)NC(=O)C[C@@H](/C=C/CCSC(C)=O)OC(=O)[C@H](C(C)C)NC1=O. The van der Waals surface area contributed by atoms with Crippen molar-refractivity contribution in [2.24, 2.45) is 5.92 Å². The van der Waals surface area contributed by atoms with E-state index < -0.39 is 41.9 Å². The number of benzene rings is 1. The fourth-order valence-electron chi connectivity index (χ4n) is 4.11. The second-order valence-electron chi connectivity index (χ2n) is 10.1. The fraction of sp³-hybridized carbons (Fsp3) is 0.400. The van der Waals surface area contributed by atoms with Gasteiger partial charge in [0.15, 0.2) is 5.12 Å². The highest BCUT2D eigenvalue weighted by Crippen LogP contribution is 2.24. The van der Waals surface area contributed by atoms with E-state index in [4.69, 9.17) is 4.74 Å². The second-order valence-corrected chi connectivity index (χ2v) is 12.3. The van der Waals surface area contributed by atoms with Crippen LogP contribution in [0, 0.1) is 5.92 Å². The van der Waals surface area contributed by atoms with Crippen LogP contribution >= 0.6 is 23.1 Å². The fourth-order valence-corrected chi connectivity index (χ4v) is 5.50. The molecule has 43 heavy (non-hydrogen) atoms. The van der Waals surface area contributed by atoms with Crippen LogP contribution in [0.4, 0.5) is 0 Å². The van der Waals surface area contributed by atoms with E-state index in [-0.39, 0.29) is 34.6 Å². The van der Waals surface area contributed by atoms with Crippen molar-refractivity contribution in [3.63, 3.8) is 0 Å². The number of phenols is 1. The van der Waals surface area contributed by atoms with E-state index in [2.05, 4.69) is 20.9 Å². The maximum atomic E-state index is 13.4. The maximum absolute atomic E-state index is 13.4. The van der Waals surface area contributed by atoms with Gasteiger partial charge in [-0.2, -0.15) is 0 Å². The Kier molecular flexibility index (Phi) is 12.5. The van der Waals surface area contributed by atoms with Gasteiger partial charge in [-0.05, 0) is 49.5 Å². The predicted molar refractivity (Wildman–Crippen MR) is 164 cm³/mol. The number of thiazole rings is 1. The van der Waals surface area contributed by atoms with E-state index in [9.17, 15) is 29.1 Å². The first-order chi connectivity index (χ1) is 20.5. The summed E-state index contributed by atoms with van der Waals surface area (Å²) < 4.78 is 5.73. The number of allylic oxidation sites excluding steroid dienone is 2. The van der Waals surface area contributed by atoms with E-state index in [0.29, 0.717) is 23.6 Å². The third-order valence-corrected chi connectivity index (χ3v) is 8.15. The number of aromatic hydroxyl groups is 1. The molecule has 0 unspecified atom stereocenters. The van der Waals surface area contributed by atoms with E-state index >= 15 is 0 Å². The molecule has 4 N–H and O–H groups in total. The number of carbonyl (C=O) groups is 5. The molecule has 2 bridgehead atoms. The molecule has 1 aliphatic heterocycles. The van der Waals surface area contributed by atoms with Crippen LogP contribution in [0.3, 0.4) is 0 Å². The van der Waals surface area contributed by atoms with Crippen LogP contribution in [0.5, 0.6) is 5.75 Å². The Morgan fingerprint density at radius 1 is 1.16 bits per heavy atom. The van der Waals surface area contributed by atoms with Crippen molar-refractivity contribution < 1.29 is 33.8 Å². The lowest BCUT2D eigenvalue weighted by molar-refractivity contribution is -0.153. The lowest BCUT2D eigenvalue weighted by atomic mass is 10.0.